The van der Waals surface area contributed by atoms with E-state index < -0.39 is 0 Å². The van der Waals surface area contributed by atoms with E-state index in [0.717, 1.165) is 32.1 Å². The van der Waals surface area contributed by atoms with Crippen LogP contribution in [0.25, 0.3) is 10.2 Å². The number of anilines is 1. The summed E-state index contributed by atoms with van der Waals surface area (Å²) in [6, 6.07) is 0. The van der Waals surface area contributed by atoms with Crippen LogP contribution in [0.1, 0.15) is 29.7 Å². The molecule has 2 aromatic heterocycles. The molecule has 2 aliphatic rings. The highest BCUT2D eigenvalue weighted by Crippen LogP contribution is 2.38. The van der Waals surface area contributed by atoms with Gasteiger partial charge in [0.15, 0.2) is 0 Å². The third kappa shape index (κ3) is 2.09. The lowest BCUT2D eigenvalue weighted by atomic mass is 10.1. The van der Waals surface area contributed by atoms with Crippen molar-refractivity contribution in [3.05, 3.63) is 16.8 Å². The minimum absolute atomic E-state index is 0.803. The van der Waals surface area contributed by atoms with Gasteiger partial charge in [-0.15, -0.1) is 11.3 Å². The number of nitrogens with zero attached hydrogens (tertiary/aromatic N) is 3. The quantitative estimate of drug-likeness (QED) is 0.757. The molecule has 0 saturated carbocycles. The van der Waals surface area contributed by atoms with Gasteiger partial charge in [-0.1, -0.05) is 6.42 Å². The topological polar surface area (TPSA) is 38.2 Å². The number of aryl methyl sites for hydroxylation is 2. The van der Waals surface area contributed by atoms with Gasteiger partial charge in [0.05, 0.1) is 18.6 Å². The lowest BCUT2D eigenvalue weighted by Gasteiger charge is -2.28. The molecule has 0 amide bonds. The van der Waals surface area contributed by atoms with E-state index in [1.54, 1.807) is 11.2 Å². The largest absolute Gasteiger partial charge is 0.378 e. The maximum absolute atomic E-state index is 5.46. The van der Waals surface area contributed by atoms with Gasteiger partial charge in [0.2, 0.25) is 0 Å². The number of ether oxygens (including phenoxy) is 1. The number of fused-ring (bicyclic) bond motifs is 3. The van der Waals surface area contributed by atoms with Crippen LogP contribution in [0.3, 0.4) is 0 Å². The molecule has 106 valence electrons. The normalized spacial score (nSPS) is 19.9. The van der Waals surface area contributed by atoms with Gasteiger partial charge in [0.25, 0.3) is 0 Å². The number of thiophene rings is 1. The number of hydrogen-bond acceptors (Lipinski definition) is 5. The lowest BCUT2D eigenvalue weighted by Crippen LogP contribution is -2.36. The highest BCUT2D eigenvalue weighted by molar-refractivity contribution is 7.18. The van der Waals surface area contributed by atoms with E-state index in [1.807, 2.05) is 11.3 Å². The Bertz CT molecular complexity index is 619. The molecule has 4 nitrogen and oxygen atoms in total. The lowest BCUT2D eigenvalue weighted by molar-refractivity contribution is 0.122. The van der Waals surface area contributed by atoms with Crippen LogP contribution in [0.5, 0.6) is 0 Å². The number of morpholine rings is 1. The van der Waals surface area contributed by atoms with Gasteiger partial charge in [0, 0.05) is 18.0 Å². The fourth-order valence-electron chi connectivity index (χ4n) is 3.27. The molecule has 4 rings (SSSR count). The summed E-state index contributed by atoms with van der Waals surface area (Å²) in [5.74, 6) is 1.14. The van der Waals surface area contributed by atoms with Crippen LogP contribution in [0.15, 0.2) is 6.33 Å². The van der Waals surface area contributed by atoms with E-state index in [4.69, 9.17) is 4.74 Å². The van der Waals surface area contributed by atoms with E-state index >= 15 is 0 Å². The van der Waals surface area contributed by atoms with Gasteiger partial charge < -0.3 is 9.64 Å². The molecule has 1 aliphatic carbocycles. The van der Waals surface area contributed by atoms with E-state index in [1.165, 1.54) is 47.9 Å². The third-order valence-electron chi connectivity index (χ3n) is 4.29. The van der Waals surface area contributed by atoms with Gasteiger partial charge in [-0.05, 0) is 31.2 Å². The van der Waals surface area contributed by atoms with Crippen molar-refractivity contribution in [2.24, 2.45) is 0 Å². The van der Waals surface area contributed by atoms with Crippen molar-refractivity contribution in [3.8, 4) is 0 Å². The Morgan fingerprint density at radius 2 is 1.90 bits per heavy atom. The molecule has 1 saturated heterocycles. The van der Waals surface area contributed by atoms with Gasteiger partial charge in [-0.3, -0.25) is 0 Å². The minimum Gasteiger partial charge on any atom is -0.378 e. The number of hydrogen-bond donors (Lipinski definition) is 0. The smallest absolute Gasteiger partial charge is 0.141 e. The maximum Gasteiger partial charge on any atom is 0.141 e. The standard InChI is InChI=1S/C15H19N3OS/c1-2-4-11-12(5-3-1)20-15-13(11)14(16-10-17-15)18-6-8-19-9-7-18/h10H,1-9H2. The molecule has 0 spiro atoms. The first-order valence-corrected chi connectivity index (χ1v) is 8.33. The summed E-state index contributed by atoms with van der Waals surface area (Å²) in [6.07, 6.45) is 8.11. The number of aromatic nitrogens is 2. The minimum atomic E-state index is 0.803. The monoisotopic (exact) mass is 289 g/mol. The zero-order valence-corrected chi connectivity index (χ0v) is 12.4. The molecule has 5 heteroatoms. The van der Waals surface area contributed by atoms with Gasteiger partial charge in [-0.2, -0.15) is 0 Å². The first-order valence-electron chi connectivity index (χ1n) is 7.51. The molecule has 2 aromatic rings. The molecule has 0 N–H and O–H groups in total. The molecule has 20 heavy (non-hydrogen) atoms. The highest BCUT2D eigenvalue weighted by Gasteiger charge is 2.22. The zero-order valence-electron chi connectivity index (χ0n) is 11.6. The molecular formula is C15H19N3OS. The Morgan fingerprint density at radius 1 is 1.05 bits per heavy atom. The van der Waals surface area contributed by atoms with Crippen molar-refractivity contribution >= 4 is 27.4 Å². The zero-order chi connectivity index (χ0) is 13.4. The molecular weight excluding hydrogens is 270 g/mol. The average Bonchev–Trinajstić information content (AvgIpc) is 2.70. The van der Waals surface area contributed by atoms with E-state index in [9.17, 15) is 0 Å². The Hall–Kier alpha value is -1.20. The van der Waals surface area contributed by atoms with Crippen LogP contribution >= 0.6 is 11.3 Å². The molecule has 0 aromatic carbocycles. The highest BCUT2D eigenvalue weighted by atomic mass is 32.1. The van der Waals surface area contributed by atoms with E-state index in [2.05, 4.69) is 14.9 Å². The van der Waals surface area contributed by atoms with Crippen LogP contribution in [-0.4, -0.2) is 36.3 Å². The van der Waals surface area contributed by atoms with E-state index in [-0.39, 0.29) is 0 Å². The first-order chi connectivity index (χ1) is 9.93. The van der Waals surface area contributed by atoms with Crippen LogP contribution in [-0.2, 0) is 17.6 Å². The van der Waals surface area contributed by atoms with Crippen molar-refractivity contribution in [2.45, 2.75) is 32.1 Å². The average molecular weight is 289 g/mol. The summed E-state index contributed by atoms with van der Waals surface area (Å²) in [4.78, 5) is 14.2. The predicted molar refractivity (Wildman–Crippen MR) is 81.7 cm³/mol. The van der Waals surface area contributed by atoms with Crippen LogP contribution in [0.4, 0.5) is 5.82 Å². The summed E-state index contributed by atoms with van der Waals surface area (Å²) in [7, 11) is 0. The van der Waals surface area contributed by atoms with Crippen LogP contribution in [0, 0.1) is 0 Å². The Balaban J connectivity index is 1.85. The molecule has 0 bridgehead atoms. The fourth-order valence-corrected chi connectivity index (χ4v) is 4.49. The summed E-state index contributed by atoms with van der Waals surface area (Å²) in [5.41, 5.74) is 1.53. The maximum atomic E-state index is 5.46. The molecule has 0 radical (unpaired) electrons. The van der Waals surface area contributed by atoms with Crippen molar-refractivity contribution in [3.63, 3.8) is 0 Å². The van der Waals surface area contributed by atoms with Crippen molar-refractivity contribution < 1.29 is 4.74 Å². The van der Waals surface area contributed by atoms with Crippen LogP contribution in [0.2, 0.25) is 0 Å². The Kier molecular flexibility index (Phi) is 3.32. The Labute approximate surface area is 122 Å². The summed E-state index contributed by atoms with van der Waals surface area (Å²) in [6.45, 7) is 3.49. The summed E-state index contributed by atoms with van der Waals surface area (Å²) in [5, 5.41) is 1.33. The third-order valence-corrected chi connectivity index (χ3v) is 5.49. The fraction of sp³-hybridized carbons (Fsp3) is 0.600. The second kappa shape index (κ2) is 5.30. The van der Waals surface area contributed by atoms with Gasteiger partial charge >= 0.3 is 0 Å². The van der Waals surface area contributed by atoms with Gasteiger partial charge in [-0.25, -0.2) is 9.97 Å². The SMILES string of the molecule is c1nc(N2CCOCC2)c2c3c(sc2n1)CCCCC3. The van der Waals surface area contributed by atoms with Crippen molar-refractivity contribution in [1.82, 2.24) is 9.97 Å². The van der Waals surface area contributed by atoms with Crippen molar-refractivity contribution in [1.29, 1.82) is 0 Å². The number of rotatable bonds is 1. The summed E-state index contributed by atoms with van der Waals surface area (Å²) < 4.78 is 5.46. The molecule has 0 unspecified atom stereocenters. The van der Waals surface area contributed by atoms with Gasteiger partial charge in [0.1, 0.15) is 17.0 Å². The first kappa shape index (κ1) is 12.5. The molecule has 1 aliphatic heterocycles. The Morgan fingerprint density at radius 3 is 2.80 bits per heavy atom. The molecule has 1 fully saturated rings. The molecule has 0 atom stereocenters. The summed E-state index contributed by atoms with van der Waals surface area (Å²) >= 11 is 1.88. The second-order valence-electron chi connectivity index (χ2n) is 5.54. The predicted octanol–water partition coefficient (Wildman–Crippen LogP) is 2.80. The molecule has 3 heterocycles. The van der Waals surface area contributed by atoms with Crippen molar-refractivity contribution in [2.75, 3.05) is 31.2 Å². The van der Waals surface area contributed by atoms with Crippen LogP contribution < -0.4 is 4.90 Å². The van der Waals surface area contributed by atoms with E-state index in [0.29, 0.717) is 0 Å². The second-order valence-corrected chi connectivity index (χ2v) is 6.62.